The molecular weight excluding hydrogens is 183 g/mol. The molecule has 0 amide bonds. The van der Waals surface area contributed by atoms with Crippen LogP contribution >= 0.6 is 7.37 Å². The summed E-state index contributed by atoms with van der Waals surface area (Å²) in [6.45, 7) is 1.14. The molecule has 1 N–H and O–H groups in total. The summed E-state index contributed by atoms with van der Waals surface area (Å²) in [5.74, 6) is -1.74. The molecule has 1 unspecified atom stereocenters. The molecular formula is C6H11O5P. The summed E-state index contributed by atoms with van der Waals surface area (Å²) in [6, 6.07) is 0. The van der Waals surface area contributed by atoms with Gasteiger partial charge < -0.3 is 9.63 Å². The lowest BCUT2D eigenvalue weighted by atomic mass is 10.3. The van der Waals surface area contributed by atoms with Crippen LogP contribution in [0.15, 0.2) is 0 Å². The molecule has 0 aromatic rings. The quantitative estimate of drug-likeness (QED) is 0.387. The molecule has 6 heteroatoms. The first-order chi connectivity index (χ1) is 5.37. The molecule has 70 valence electrons. The molecule has 12 heavy (non-hydrogen) atoms. The molecule has 0 saturated carbocycles. The topological polar surface area (TPSA) is 80.7 Å². The Morgan fingerprint density at radius 2 is 2.00 bits per heavy atom. The third kappa shape index (κ3) is 5.04. The van der Waals surface area contributed by atoms with Crippen LogP contribution in [-0.4, -0.2) is 36.6 Å². The smallest absolute Gasteiger partial charge is 0.374 e. The lowest BCUT2D eigenvalue weighted by molar-refractivity contribution is -0.151. The SMILES string of the molecule is COC(=O)C(=O)CCP(C)(=O)O. The highest BCUT2D eigenvalue weighted by molar-refractivity contribution is 7.57. The van der Waals surface area contributed by atoms with Crippen molar-refractivity contribution in [1.82, 2.24) is 0 Å². The molecule has 0 heterocycles. The minimum Gasteiger partial charge on any atom is -0.463 e. The lowest BCUT2D eigenvalue weighted by Gasteiger charge is -2.02. The van der Waals surface area contributed by atoms with Crippen molar-refractivity contribution in [3.63, 3.8) is 0 Å². The molecule has 0 aromatic carbocycles. The van der Waals surface area contributed by atoms with Crippen LogP contribution in [0.1, 0.15) is 6.42 Å². The van der Waals surface area contributed by atoms with Crippen LogP contribution < -0.4 is 0 Å². The van der Waals surface area contributed by atoms with Crippen LogP contribution in [0.5, 0.6) is 0 Å². The highest BCUT2D eigenvalue weighted by atomic mass is 31.2. The number of hydrogen-bond acceptors (Lipinski definition) is 4. The molecule has 0 spiro atoms. The number of rotatable bonds is 4. The fraction of sp³-hybridized carbons (Fsp3) is 0.667. The van der Waals surface area contributed by atoms with Crippen molar-refractivity contribution >= 4 is 19.1 Å². The maximum atomic E-state index is 10.7. The van der Waals surface area contributed by atoms with Crippen molar-refractivity contribution in [1.29, 1.82) is 0 Å². The van der Waals surface area contributed by atoms with Gasteiger partial charge in [-0.3, -0.25) is 9.36 Å². The molecule has 0 saturated heterocycles. The minimum absolute atomic E-state index is 0.180. The number of carbonyl (C=O) groups is 2. The van der Waals surface area contributed by atoms with Gasteiger partial charge in [0.25, 0.3) is 0 Å². The Bertz CT molecular complexity index is 228. The maximum absolute atomic E-state index is 10.7. The first kappa shape index (κ1) is 11.3. The van der Waals surface area contributed by atoms with Gasteiger partial charge in [-0.1, -0.05) is 0 Å². The number of carbonyl (C=O) groups excluding carboxylic acids is 2. The van der Waals surface area contributed by atoms with Gasteiger partial charge in [-0.25, -0.2) is 4.79 Å². The molecule has 5 nitrogen and oxygen atoms in total. The zero-order chi connectivity index (χ0) is 9.78. The largest absolute Gasteiger partial charge is 0.463 e. The second kappa shape index (κ2) is 4.38. The van der Waals surface area contributed by atoms with E-state index >= 15 is 0 Å². The van der Waals surface area contributed by atoms with Crippen LogP contribution in [0.3, 0.4) is 0 Å². The lowest BCUT2D eigenvalue weighted by Crippen LogP contribution is -2.16. The zero-order valence-electron chi connectivity index (χ0n) is 6.94. The van der Waals surface area contributed by atoms with E-state index in [4.69, 9.17) is 4.89 Å². The van der Waals surface area contributed by atoms with E-state index in [9.17, 15) is 14.2 Å². The molecule has 1 atom stereocenters. The number of esters is 1. The summed E-state index contributed by atoms with van der Waals surface area (Å²) in [5.41, 5.74) is 0. The molecule has 0 aliphatic carbocycles. The van der Waals surface area contributed by atoms with Crippen molar-refractivity contribution in [2.75, 3.05) is 19.9 Å². The fourth-order valence-corrected chi connectivity index (χ4v) is 1.14. The van der Waals surface area contributed by atoms with Gasteiger partial charge in [0.2, 0.25) is 5.78 Å². The van der Waals surface area contributed by atoms with Gasteiger partial charge in [0.05, 0.1) is 7.11 Å². The van der Waals surface area contributed by atoms with Crippen LogP contribution in [-0.2, 0) is 18.9 Å². The van der Waals surface area contributed by atoms with Crippen LogP contribution in [0.2, 0.25) is 0 Å². The Labute approximate surface area is 70.2 Å². The number of ether oxygens (including phenoxy) is 1. The monoisotopic (exact) mass is 194 g/mol. The van der Waals surface area contributed by atoms with E-state index in [1.54, 1.807) is 0 Å². The number of methoxy groups -OCH3 is 1. The molecule has 0 aliphatic rings. The normalized spacial score (nSPS) is 14.9. The predicted octanol–water partition coefficient (Wildman–Crippen LogP) is 0.0188. The Balaban J connectivity index is 3.89. The predicted molar refractivity (Wildman–Crippen MR) is 42.3 cm³/mol. The number of hydrogen-bond donors (Lipinski definition) is 1. The van der Waals surface area contributed by atoms with E-state index in [-0.39, 0.29) is 12.6 Å². The fourth-order valence-electron chi connectivity index (χ4n) is 0.525. The van der Waals surface area contributed by atoms with E-state index in [1.807, 2.05) is 0 Å². The molecule has 0 fully saturated rings. The van der Waals surface area contributed by atoms with Gasteiger partial charge in [0.1, 0.15) is 0 Å². The molecule has 0 aromatic heterocycles. The first-order valence-corrected chi connectivity index (χ1v) is 5.56. The second-order valence-electron chi connectivity index (χ2n) is 2.44. The Morgan fingerprint density at radius 1 is 1.50 bits per heavy atom. The molecule has 0 radical (unpaired) electrons. The van der Waals surface area contributed by atoms with Gasteiger partial charge in [-0.15, -0.1) is 0 Å². The van der Waals surface area contributed by atoms with Gasteiger partial charge in [-0.05, 0) is 0 Å². The van der Waals surface area contributed by atoms with Gasteiger partial charge >= 0.3 is 5.97 Å². The standard InChI is InChI=1S/C6H11O5P/c1-11-6(8)5(7)3-4-12(2,9)10/h3-4H2,1-2H3,(H,9,10). The van der Waals surface area contributed by atoms with Crippen molar-refractivity contribution in [3.8, 4) is 0 Å². The van der Waals surface area contributed by atoms with Gasteiger partial charge in [-0.2, -0.15) is 0 Å². The van der Waals surface area contributed by atoms with Crippen molar-refractivity contribution in [2.24, 2.45) is 0 Å². The van der Waals surface area contributed by atoms with Crippen molar-refractivity contribution < 1.29 is 23.8 Å². The Hall–Kier alpha value is -0.670. The molecule has 0 bridgehead atoms. The minimum atomic E-state index is -3.20. The van der Waals surface area contributed by atoms with Crippen LogP contribution in [0.25, 0.3) is 0 Å². The summed E-state index contributed by atoms with van der Waals surface area (Å²) >= 11 is 0. The van der Waals surface area contributed by atoms with Gasteiger partial charge in [0, 0.05) is 19.2 Å². The third-order valence-electron chi connectivity index (χ3n) is 1.17. The van der Waals surface area contributed by atoms with Gasteiger partial charge in [0.15, 0.2) is 7.37 Å². The third-order valence-corrected chi connectivity index (χ3v) is 2.22. The highest BCUT2D eigenvalue weighted by Gasteiger charge is 2.18. The van der Waals surface area contributed by atoms with E-state index < -0.39 is 19.1 Å². The number of ketones is 1. The molecule has 0 aliphatic heterocycles. The van der Waals surface area contributed by atoms with Crippen molar-refractivity contribution in [2.45, 2.75) is 6.42 Å². The van der Waals surface area contributed by atoms with E-state index in [0.29, 0.717) is 0 Å². The van der Waals surface area contributed by atoms with Crippen molar-refractivity contribution in [3.05, 3.63) is 0 Å². The average Bonchev–Trinajstić information content (AvgIpc) is 1.97. The molecule has 0 rings (SSSR count). The summed E-state index contributed by atoms with van der Waals surface area (Å²) in [6.07, 6.45) is -0.419. The Kier molecular flexibility index (Phi) is 4.13. The average molecular weight is 194 g/mol. The first-order valence-electron chi connectivity index (χ1n) is 3.27. The maximum Gasteiger partial charge on any atom is 0.374 e. The zero-order valence-corrected chi connectivity index (χ0v) is 7.84. The summed E-state index contributed by atoms with van der Waals surface area (Å²) in [4.78, 5) is 30.0. The summed E-state index contributed by atoms with van der Waals surface area (Å²) < 4.78 is 14.8. The number of Topliss-reactive ketones (excluding diaryl/α,β-unsaturated/α-hetero) is 1. The summed E-state index contributed by atoms with van der Waals surface area (Å²) in [7, 11) is -2.11. The van der Waals surface area contributed by atoms with Crippen LogP contribution in [0, 0.1) is 0 Å². The van der Waals surface area contributed by atoms with E-state index in [2.05, 4.69) is 4.74 Å². The Morgan fingerprint density at radius 3 is 2.33 bits per heavy atom. The second-order valence-corrected chi connectivity index (χ2v) is 4.99. The van der Waals surface area contributed by atoms with E-state index in [1.165, 1.54) is 0 Å². The van der Waals surface area contributed by atoms with Crippen LogP contribution in [0.4, 0.5) is 0 Å². The van der Waals surface area contributed by atoms with E-state index in [0.717, 1.165) is 13.8 Å². The highest BCUT2D eigenvalue weighted by Crippen LogP contribution is 2.35. The summed E-state index contributed by atoms with van der Waals surface area (Å²) in [5, 5.41) is 0.